The second kappa shape index (κ2) is 8.69. The maximum atomic E-state index is 12.7. The Labute approximate surface area is 181 Å². The molecule has 0 aliphatic carbocycles. The van der Waals surface area contributed by atoms with E-state index in [0.29, 0.717) is 32.9 Å². The molecule has 28 heavy (non-hydrogen) atoms. The number of halogens is 2. The molecular weight excluding hydrogens is 441 g/mol. The van der Waals surface area contributed by atoms with Crippen LogP contribution in [0.4, 0.5) is 0 Å². The molecule has 1 aromatic carbocycles. The molecular formula is C19H14Cl2NO4S2-. The molecule has 146 valence electrons. The highest BCUT2D eigenvalue weighted by molar-refractivity contribution is 8.26. The van der Waals surface area contributed by atoms with E-state index in [-0.39, 0.29) is 10.7 Å². The first-order valence-electron chi connectivity index (χ1n) is 8.35. The number of rotatable bonds is 6. The van der Waals surface area contributed by atoms with Gasteiger partial charge in [-0.15, -0.1) is 0 Å². The van der Waals surface area contributed by atoms with Crippen LogP contribution in [0.25, 0.3) is 17.4 Å². The smallest absolute Gasteiger partial charge is 0.266 e. The number of amides is 1. The lowest BCUT2D eigenvalue weighted by molar-refractivity contribution is -0.310. The third-order valence-corrected chi connectivity index (χ3v) is 6.14. The van der Waals surface area contributed by atoms with Crippen LogP contribution in [0, 0.1) is 0 Å². The molecule has 9 heteroatoms. The van der Waals surface area contributed by atoms with Crippen molar-refractivity contribution in [2.45, 2.75) is 25.8 Å². The summed E-state index contributed by atoms with van der Waals surface area (Å²) in [4.78, 5) is 25.5. The summed E-state index contributed by atoms with van der Waals surface area (Å²) in [5, 5.41) is 12.3. The number of thiocarbonyl (C=S) groups is 1. The second-order valence-corrected chi connectivity index (χ2v) is 8.50. The highest BCUT2D eigenvalue weighted by Crippen LogP contribution is 2.36. The molecule has 0 N–H and O–H groups in total. The fourth-order valence-corrected chi connectivity index (χ4v) is 4.37. The number of hydrogen-bond donors (Lipinski definition) is 0. The molecule has 5 nitrogen and oxygen atoms in total. The molecule has 1 unspecified atom stereocenters. The van der Waals surface area contributed by atoms with Crippen molar-refractivity contribution in [1.29, 1.82) is 0 Å². The van der Waals surface area contributed by atoms with Crippen molar-refractivity contribution in [1.82, 2.24) is 4.90 Å². The van der Waals surface area contributed by atoms with Gasteiger partial charge in [0.15, 0.2) is 0 Å². The van der Waals surface area contributed by atoms with Crippen molar-refractivity contribution in [3.8, 4) is 11.3 Å². The summed E-state index contributed by atoms with van der Waals surface area (Å²) >= 11 is 18.2. The van der Waals surface area contributed by atoms with Crippen LogP contribution in [0.5, 0.6) is 0 Å². The summed E-state index contributed by atoms with van der Waals surface area (Å²) in [7, 11) is 0. The van der Waals surface area contributed by atoms with Crippen molar-refractivity contribution >= 4 is 69.5 Å². The third-order valence-electron chi connectivity index (χ3n) is 4.07. The Bertz CT molecular complexity index is 986. The van der Waals surface area contributed by atoms with Gasteiger partial charge in [0.05, 0.1) is 27.0 Å². The molecule has 1 aromatic heterocycles. The Morgan fingerprint density at radius 1 is 1.32 bits per heavy atom. The average molecular weight is 455 g/mol. The second-order valence-electron chi connectivity index (χ2n) is 6.01. The number of furan rings is 1. The fourth-order valence-electron chi connectivity index (χ4n) is 2.74. The minimum absolute atomic E-state index is 0.190. The minimum Gasteiger partial charge on any atom is -0.548 e. The van der Waals surface area contributed by atoms with E-state index in [1.54, 1.807) is 36.4 Å². The fraction of sp³-hybridized carbons (Fsp3) is 0.211. The predicted octanol–water partition coefficient (Wildman–Crippen LogP) is 4.37. The Morgan fingerprint density at radius 2 is 2.07 bits per heavy atom. The lowest BCUT2D eigenvalue weighted by Crippen LogP contribution is -2.49. The van der Waals surface area contributed by atoms with E-state index < -0.39 is 17.9 Å². The Balaban J connectivity index is 1.85. The summed E-state index contributed by atoms with van der Waals surface area (Å²) in [6.07, 6.45) is 2.39. The van der Waals surface area contributed by atoms with Gasteiger partial charge in [0.25, 0.3) is 5.91 Å². The monoisotopic (exact) mass is 454 g/mol. The van der Waals surface area contributed by atoms with E-state index >= 15 is 0 Å². The zero-order valence-corrected chi connectivity index (χ0v) is 17.8. The number of carboxylic acid groups (broad SMARTS) is 1. The van der Waals surface area contributed by atoms with Gasteiger partial charge >= 0.3 is 0 Å². The molecule has 1 amide bonds. The zero-order valence-electron chi connectivity index (χ0n) is 14.6. The predicted molar refractivity (Wildman–Crippen MR) is 113 cm³/mol. The van der Waals surface area contributed by atoms with Gasteiger partial charge in [-0.05, 0) is 36.8 Å². The van der Waals surface area contributed by atoms with Crippen LogP contribution >= 0.6 is 47.2 Å². The first-order valence-corrected chi connectivity index (χ1v) is 10.3. The van der Waals surface area contributed by atoms with E-state index in [0.717, 1.165) is 22.2 Å². The zero-order chi connectivity index (χ0) is 20.4. The van der Waals surface area contributed by atoms with Crippen LogP contribution in [0.1, 0.15) is 25.5 Å². The summed E-state index contributed by atoms with van der Waals surface area (Å²) in [6.45, 7) is 1.83. The first-order chi connectivity index (χ1) is 13.3. The van der Waals surface area contributed by atoms with Crippen LogP contribution in [0.15, 0.2) is 39.7 Å². The molecule has 1 saturated heterocycles. The summed E-state index contributed by atoms with van der Waals surface area (Å²) in [5.74, 6) is -0.801. The molecule has 1 aliphatic heterocycles. The highest BCUT2D eigenvalue weighted by Gasteiger charge is 2.37. The molecule has 1 aliphatic rings. The standard InChI is InChI=1S/C19H15Cl2NO4S2/c1-2-3-14(18(24)25)22-17(23)16(28-19(22)27)9-11-5-7-15(26-11)10-4-6-12(20)13(21)8-10/h4-9,14H,2-3H2,1H3,(H,24,25)/p-1. The van der Waals surface area contributed by atoms with Crippen LogP contribution in [-0.4, -0.2) is 27.1 Å². The number of carbonyl (C=O) groups is 2. The van der Waals surface area contributed by atoms with E-state index in [1.807, 2.05) is 6.92 Å². The molecule has 0 spiro atoms. The average Bonchev–Trinajstić information content (AvgIpc) is 3.21. The van der Waals surface area contributed by atoms with Gasteiger partial charge in [-0.1, -0.05) is 60.5 Å². The molecule has 2 heterocycles. The minimum atomic E-state index is -1.32. The molecule has 0 bridgehead atoms. The molecule has 2 aromatic rings. The van der Waals surface area contributed by atoms with Gasteiger partial charge < -0.3 is 14.3 Å². The van der Waals surface area contributed by atoms with Gasteiger partial charge in [-0.3, -0.25) is 9.69 Å². The molecule has 0 radical (unpaired) electrons. The largest absolute Gasteiger partial charge is 0.548 e. The lowest BCUT2D eigenvalue weighted by atomic mass is 10.1. The first kappa shape index (κ1) is 20.9. The van der Waals surface area contributed by atoms with Crippen LogP contribution < -0.4 is 5.11 Å². The van der Waals surface area contributed by atoms with E-state index in [1.165, 1.54) is 0 Å². The SMILES string of the molecule is CCCC(C(=O)[O-])N1C(=O)C(=Cc2ccc(-c3ccc(Cl)c(Cl)c3)o2)SC1=S. The van der Waals surface area contributed by atoms with Crippen LogP contribution in [0.2, 0.25) is 10.0 Å². The maximum Gasteiger partial charge on any atom is 0.266 e. The quantitative estimate of drug-likeness (QED) is 0.476. The normalized spacial score (nSPS) is 16.8. The van der Waals surface area contributed by atoms with Crippen LogP contribution in [-0.2, 0) is 9.59 Å². The van der Waals surface area contributed by atoms with E-state index in [4.69, 9.17) is 39.8 Å². The van der Waals surface area contributed by atoms with Gasteiger partial charge in [-0.2, -0.15) is 0 Å². The number of benzene rings is 1. The molecule has 1 atom stereocenters. The van der Waals surface area contributed by atoms with E-state index in [9.17, 15) is 14.7 Å². The van der Waals surface area contributed by atoms with Crippen LogP contribution in [0.3, 0.4) is 0 Å². The third kappa shape index (κ3) is 4.27. The van der Waals surface area contributed by atoms with Crippen molar-refractivity contribution in [3.05, 3.63) is 51.0 Å². The lowest BCUT2D eigenvalue weighted by Gasteiger charge is -2.27. The number of thioether (sulfide) groups is 1. The Kier molecular flexibility index (Phi) is 6.50. The number of aliphatic carboxylic acids is 1. The molecule has 1 fully saturated rings. The Hall–Kier alpha value is -1.80. The number of carboxylic acids is 1. The van der Waals surface area contributed by atoms with Crippen molar-refractivity contribution in [2.24, 2.45) is 0 Å². The van der Waals surface area contributed by atoms with Gasteiger partial charge in [0, 0.05) is 11.6 Å². The van der Waals surface area contributed by atoms with E-state index in [2.05, 4.69) is 0 Å². The molecule has 0 saturated carbocycles. The van der Waals surface area contributed by atoms with Gasteiger partial charge in [0.1, 0.15) is 15.8 Å². The van der Waals surface area contributed by atoms with Crippen molar-refractivity contribution in [3.63, 3.8) is 0 Å². The summed E-state index contributed by atoms with van der Waals surface area (Å²) in [5.41, 5.74) is 0.738. The number of carbonyl (C=O) groups excluding carboxylic acids is 2. The van der Waals surface area contributed by atoms with Gasteiger partial charge in [-0.25, -0.2) is 0 Å². The van der Waals surface area contributed by atoms with Crippen molar-refractivity contribution < 1.29 is 19.1 Å². The van der Waals surface area contributed by atoms with Crippen molar-refractivity contribution in [2.75, 3.05) is 0 Å². The number of hydrogen-bond acceptors (Lipinski definition) is 6. The molecule has 3 rings (SSSR count). The topological polar surface area (TPSA) is 73.6 Å². The summed E-state index contributed by atoms with van der Waals surface area (Å²) in [6, 6.07) is 7.49. The maximum absolute atomic E-state index is 12.7. The summed E-state index contributed by atoms with van der Waals surface area (Å²) < 4.78 is 5.96. The highest BCUT2D eigenvalue weighted by atomic mass is 35.5. The van der Waals surface area contributed by atoms with Gasteiger partial charge in [0.2, 0.25) is 0 Å². The number of nitrogens with zero attached hydrogens (tertiary/aromatic N) is 1. The Morgan fingerprint density at radius 3 is 2.71 bits per heavy atom.